The van der Waals surface area contributed by atoms with Gasteiger partial charge >= 0.3 is 0 Å². The smallest absolute Gasteiger partial charge is 0.135 e. The summed E-state index contributed by atoms with van der Waals surface area (Å²) in [6.07, 6.45) is 0. The summed E-state index contributed by atoms with van der Waals surface area (Å²) in [5.41, 5.74) is 22.9. The van der Waals surface area contributed by atoms with Crippen LogP contribution in [0.15, 0.2) is 205 Å². The third-order valence-corrected chi connectivity index (χ3v) is 13.9. The van der Waals surface area contributed by atoms with Gasteiger partial charge in [0, 0.05) is 38.7 Å². The van der Waals surface area contributed by atoms with Gasteiger partial charge in [-0.2, -0.15) is 0 Å². The molecular weight excluding hydrogens is 751 g/mol. The highest BCUT2D eigenvalue weighted by Crippen LogP contribution is 2.54. The SMILES string of the molecule is CC1(C)c2ccccc2-c2ccc(N(c3ccc(-c4ccc(-c5ccccc5)cc4)cc3)c3ccc4c(c3)C(C)(C)c3cc(-c5ccc6oc7ccccc7c6c5)ccc3-4)cc21. The maximum absolute atomic E-state index is 6.17. The molecule has 2 aliphatic rings. The molecule has 2 nitrogen and oxygen atoms in total. The Morgan fingerprint density at radius 2 is 0.742 bits per heavy atom. The second-order valence-electron chi connectivity index (χ2n) is 18.2. The summed E-state index contributed by atoms with van der Waals surface area (Å²) in [7, 11) is 0. The number of fused-ring (bicyclic) bond motifs is 9. The van der Waals surface area contributed by atoms with Gasteiger partial charge in [-0.25, -0.2) is 0 Å². The third-order valence-electron chi connectivity index (χ3n) is 13.9. The molecule has 0 saturated heterocycles. The van der Waals surface area contributed by atoms with Crippen molar-refractivity contribution in [1.82, 2.24) is 0 Å². The number of anilines is 3. The van der Waals surface area contributed by atoms with Crippen molar-refractivity contribution in [3.8, 4) is 55.6 Å². The summed E-state index contributed by atoms with van der Waals surface area (Å²) in [5, 5.41) is 2.30. The van der Waals surface area contributed by atoms with Crippen LogP contribution in [0.2, 0.25) is 0 Å². The monoisotopic (exact) mass is 795 g/mol. The molecule has 2 heteroatoms. The Labute approximate surface area is 363 Å². The Balaban J connectivity index is 0.942. The normalized spacial score (nSPS) is 14.1. The fourth-order valence-corrected chi connectivity index (χ4v) is 10.5. The van der Waals surface area contributed by atoms with E-state index in [2.05, 4.69) is 221 Å². The summed E-state index contributed by atoms with van der Waals surface area (Å²) >= 11 is 0. The van der Waals surface area contributed by atoms with Crippen molar-refractivity contribution in [3.05, 3.63) is 222 Å². The molecule has 0 aliphatic heterocycles. The molecule has 10 aromatic rings. The van der Waals surface area contributed by atoms with Crippen LogP contribution in [0.1, 0.15) is 49.9 Å². The molecule has 0 saturated carbocycles. The van der Waals surface area contributed by atoms with Gasteiger partial charge in [-0.3, -0.25) is 0 Å². The van der Waals surface area contributed by atoms with Crippen LogP contribution in [0, 0.1) is 0 Å². The van der Waals surface area contributed by atoms with Crippen molar-refractivity contribution >= 4 is 39.0 Å². The second kappa shape index (κ2) is 13.5. The Kier molecular flexibility index (Phi) is 7.96. The first kappa shape index (κ1) is 36.4. The van der Waals surface area contributed by atoms with Crippen molar-refractivity contribution < 1.29 is 4.42 Å². The molecule has 9 aromatic carbocycles. The fourth-order valence-electron chi connectivity index (χ4n) is 10.5. The van der Waals surface area contributed by atoms with Crippen molar-refractivity contribution in [2.75, 3.05) is 4.90 Å². The lowest BCUT2D eigenvalue weighted by molar-refractivity contribution is 0.660. The standard InChI is InChI=1S/C60H45NO/c1-59(2)53-16-10-8-14-47(53)49-31-28-45(36-55(49)59)61(44-26-22-41(23-27-44)40-20-18-39(19-21-40)38-12-6-5-7-13-38)46-29-32-50-48-30-24-43(35-54(48)60(3,4)56(50)37-46)42-25-33-58-52(34-42)51-15-9-11-17-57(51)62-58/h5-37H,1-4H3. The number of nitrogens with zero attached hydrogens (tertiary/aromatic N) is 1. The van der Waals surface area contributed by atoms with E-state index in [1.165, 1.54) is 77.9 Å². The van der Waals surface area contributed by atoms with Gasteiger partial charge in [0.1, 0.15) is 11.2 Å². The van der Waals surface area contributed by atoms with Crippen molar-refractivity contribution in [3.63, 3.8) is 0 Å². The predicted octanol–water partition coefficient (Wildman–Crippen LogP) is 16.7. The largest absolute Gasteiger partial charge is 0.456 e. The molecule has 62 heavy (non-hydrogen) atoms. The molecule has 1 aromatic heterocycles. The van der Waals surface area contributed by atoms with E-state index in [4.69, 9.17) is 4.42 Å². The van der Waals surface area contributed by atoms with E-state index >= 15 is 0 Å². The lowest BCUT2D eigenvalue weighted by atomic mass is 9.81. The van der Waals surface area contributed by atoms with Crippen LogP contribution < -0.4 is 4.90 Å². The van der Waals surface area contributed by atoms with Crippen LogP contribution in [-0.2, 0) is 10.8 Å². The number of hydrogen-bond acceptors (Lipinski definition) is 2. The summed E-state index contributed by atoms with van der Waals surface area (Å²) in [6, 6.07) is 73.7. The van der Waals surface area contributed by atoms with Crippen LogP contribution in [0.3, 0.4) is 0 Å². The van der Waals surface area contributed by atoms with Crippen molar-refractivity contribution in [2.45, 2.75) is 38.5 Å². The number of para-hydroxylation sites is 1. The summed E-state index contributed by atoms with van der Waals surface area (Å²) in [4.78, 5) is 2.46. The Hall–Kier alpha value is -7.42. The highest BCUT2D eigenvalue weighted by molar-refractivity contribution is 6.06. The highest BCUT2D eigenvalue weighted by atomic mass is 16.3. The average molecular weight is 796 g/mol. The molecule has 0 spiro atoms. The van der Waals surface area contributed by atoms with Crippen molar-refractivity contribution in [2.24, 2.45) is 0 Å². The Bertz CT molecular complexity index is 3390. The zero-order valence-electron chi connectivity index (χ0n) is 35.4. The zero-order valence-corrected chi connectivity index (χ0v) is 35.4. The summed E-state index contributed by atoms with van der Waals surface area (Å²) < 4.78 is 6.17. The van der Waals surface area contributed by atoms with Gasteiger partial charge in [-0.05, 0) is 139 Å². The van der Waals surface area contributed by atoms with E-state index in [1.54, 1.807) is 0 Å². The first-order chi connectivity index (χ1) is 30.2. The molecule has 0 N–H and O–H groups in total. The van der Waals surface area contributed by atoms with E-state index in [0.717, 1.165) is 39.0 Å². The highest BCUT2D eigenvalue weighted by Gasteiger charge is 2.38. The van der Waals surface area contributed by atoms with E-state index in [1.807, 2.05) is 12.1 Å². The van der Waals surface area contributed by atoms with Crippen molar-refractivity contribution in [1.29, 1.82) is 0 Å². The zero-order chi connectivity index (χ0) is 41.7. The van der Waals surface area contributed by atoms with Crippen LogP contribution in [0.5, 0.6) is 0 Å². The molecule has 0 fully saturated rings. The average Bonchev–Trinajstić information content (AvgIpc) is 3.88. The van der Waals surface area contributed by atoms with Gasteiger partial charge in [0.05, 0.1) is 0 Å². The van der Waals surface area contributed by atoms with Gasteiger partial charge in [0.15, 0.2) is 0 Å². The minimum Gasteiger partial charge on any atom is -0.456 e. The summed E-state index contributed by atoms with van der Waals surface area (Å²) in [6.45, 7) is 9.50. The first-order valence-electron chi connectivity index (χ1n) is 21.7. The van der Waals surface area contributed by atoms with E-state index < -0.39 is 0 Å². The minimum atomic E-state index is -0.216. The molecule has 12 rings (SSSR count). The van der Waals surface area contributed by atoms with E-state index in [-0.39, 0.29) is 10.8 Å². The van der Waals surface area contributed by atoms with E-state index in [0.29, 0.717) is 0 Å². The lowest BCUT2D eigenvalue weighted by Gasteiger charge is -2.30. The molecule has 296 valence electrons. The van der Waals surface area contributed by atoms with Crippen LogP contribution in [0.25, 0.3) is 77.6 Å². The van der Waals surface area contributed by atoms with Gasteiger partial charge in [-0.15, -0.1) is 0 Å². The van der Waals surface area contributed by atoms with E-state index in [9.17, 15) is 0 Å². The quantitative estimate of drug-likeness (QED) is 0.167. The molecule has 0 radical (unpaired) electrons. The molecule has 0 unspecified atom stereocenters. The van der Waals surface area contributed by atoms with Crippen LogP contribution in [-0.4, -0.2) is 0 Å². The Morgan fingerprint density at radius 3 is 1.42 bits per heavy atom. The van der Waals surface area contributed by atoms with Crippen LogP contribution in [0.4, 0.5) is 17.1 Å². The van der Waals surface area contributed by atoms with Gasteiger partial charge in [-0.1, -0.05) is 167 Å². The minimum absolute atomic E-state index is 0.113. The van der Waals surface area contributed by atoms with Gasteiger partial charge in [0.2, 0.25) is 0 Å². The fraction of sp³-hybridized carbons (Fsp3) is 0.100. The first-order valence-corrected chi connectivity index (χ1v) is 21.7. The number of rotatable bonds is 6. The van der Waals surface area contributed by atoms with Crippen LogP contribution >= 0.6 is 0 Å². The number of hydrogen-bond donors (Lipinski definition) is 0. The van der Waals surface area contributed by atoms with Gasteiger partial charge in [0.25, 0.3) is 0 Å². The van der Waals surface area contributed by atoms with Gasteiger partial charge < -0.3 is 9.32 Å². The lowest BCUT2D eigenvalue weighted by Crippen LogP contribution is -2.18. The molecule has 2 aliphatic carbocycles. The summed E-state index contributed by atoms with van der Waals surface area (Å²) in [5.74, 6) is 0. The second-order valence-corrected chi connectivity index (χ2v) is 18.2. The predicted molar refractivity (Wildman–Crippen MR) is 260 cm³/mol. The molecule has 0 bridgehead atoms. The number of furan rings is 1. The topological polar surface area (TPSA) is 16.4 Å². The molecule has 0 amide bonds. The molecule has 1 heterocycles. The third kappa shape index (κ3) is 5.56. The maximum Gasteiger partial charge on any atom is 0.135 e. The molecular formula is C60H45NO. The molecule has 0 atom stereocenters. The number of benzene rings is 9. The maximum atomic E-state index is 6.17. The Morgan fingerprint density at radius 1 is 0.306 bits per heavy atom.